The number of methoxy groups -OCH3 is 1. The molecule has 0 radical (unpaired) electrons. The second-order valence-corrected chi connectivity index (χ2v) is 4.65. The number of rotatable bonds is 3. The zero-order chi connectivity index (χ0) is 13.0. The smallest absolute Gasteiger partial charge is 0.326 e. The summed E-state index contributed by atoms with van der Waals surface area (Å²) < 4.78 is 4.90. The van der Waals surface area contributed by atoms with Crippen LogP contribution in [0.15, 0.2) is 30.3 Å². The molecule has 1 fully saturated rings. The molecule has 0 aliphatic carbocycles. The molecule has 18 heavy (non-hydrogen) atoms. The Hall–Kier alpha value is -1.55. The van der Waals surface area contributed by atoms with Crippen LogP contribution in [-0.2, 0) is 9.53 Å². The number of benzene rings is 1. The third-order valence-electron chi connectivity index (χ3n) is 3.79. The fraction of sp³-hybridized carbons (Fsp3) is 0.500. The number of piperidine rings is 1. The molecular weight excluding hydrogens is 228 g/mol. The average molecular weight is 248 g/mol. The summed E-state index contributed by atoms with van der Waals surface area (Å²) in [5.41, 5.74) is 0.701. The van der Waals surface area contributed by atoms with Crippen molar-refractivity contribution < 1.29 is 9.53 Å². The topological polar surface area (TPSA) is 41.6 Å². The van der Waals surface area contributed by atoms with Crippen molar-refractivity contribution in [3.63, 3.8) is 0 Å². The van der Waals surface area contributed by atoms with Gasteiger partial charge in [0.2, 0.25) is 0 Å². The SMILES string of the molecule is CNC1(C(=O)OC)CCN(c2ccccc2)CC1. The molecule has 0 aromatic heterocycles. The van der Waals surface area contributed by atoms with E-state index in [4.69, 9.17) is 4.74 Å². The number of likely N-dealkylation sites (N-methyl/N-ethyl adjacent to an activating group) is 1. The Morgan fingerprint density at radius 3 is 2.39 bits per heavy atom. The van der Waals surface area contributed by atoms with E-state index < -0.39 is 5.54 Å². The fourth-order valence-corrected chi connectivity index (χ4v) is 2.54. The number of anilines is 1. The zero-order valence-corrected chi connectivity index (χ0v) is 11.0. The Labute approximate surface area is 108 Å². The van der Waals surface area contributed by atoms with E-state index in [0.717, 1.165) is 25.9 Å². The Morgan fingerprint density at radius 1 is 1.28 bits per heavy atom. The van der Waals surface area contributed by atoms with Gasteiger partial charge in [0.1, 0.15) is 5.54 Å². The molecule has 2 rings (SSSR count). The van der Waals surface area contributed by atoms with Crippen LogP contribution in [0.4, 0.5) is 5.69 Å². The molecule has 0 amide bonds. The molecule has 1 N–H and O–H groups in total. The third kappa shape index (κ3) is 2.34. The first-order valence-corrected chi connectivity index (χ1v) is 6.29. The molecule has 4 nitrogen and oxygen atoms in total. The quantitative estimate of drug-likeness (QED) is 0.821. The molecular formula is C14H20N2O2. The van der Waals surface area contributed by atoms with Crippen LogP contribution >= 0.6 is 0 Å². The monoisotopic (exact) mass is 248 g/mol. The second-order valence-electron chi connectivity index (χ2n) is 4.65. The van der Waals surface area contributed by atoms with Crippen molar-refractivity contribution in [3.05, 3.63) is 30.3 Å². The van der Waals surface area contributed by atoms with Gasteiger partial charge in [0.15, 0.2) is 0 Å². The fourth-order valence-electron chi connectivity index (χ4n) is 2.54. The number of esters is 1. The van der Waals surface area contributed by atoms with Crippen LogP contribution < -0.4 is 10.2 Å². The van der Waals surface area contributed by atoms with Gasteiger partial charge in [-0.25, -0.2) is 0 Å². The standard InChI is InChI=1S/C14H20N2O2/c1-15-14(13(17)18-2)8-10-16(11-9-14)12-6-4-3-5-7-12/h3-7,15H,8-11H2,1-2H3. The van der Waals surface area contributed by atoms with Crippen molar-refractivity contribution >= 4 is 11.7 Å². The number of hydrogen-bond acceptors (Lipinski definition) is 4. The summed E-state index contributed by atoms with van der Waals surface area (Å²) >= 11 is 0. The number of carbonyl (C=O) groups is 1. The minimum atomic E-state index is -0.514. The number of ether oxygens (including phenoxy) is 1. The first kappa shape index (κ1) is 12.9. The first-order valence-electron chi connectivity index (χ1n) is 6.29. The minimum absolute atomic E-state index is 0.155. The van der Waals surface area contributed by atoms with Crippen LogP contribution in [0.1, 0.15) is 12.8 Å². The zero-order valence-electron chi connectivity index (χ0n) is 11.0. The first-order chi connectivity index (χ1) is 8.72. The number of carbonyl (C=O) groups excluding carboxylic acids is 1. The van der Waals surface area contributed by atoms with E-state index in [2.05, 4.69) is 22.3 Å². The van der Waals surface area contributed by atoms with Gasteiger partial charge in [0, 0.05) is 18.8 Å². The molecule has 1 aliphatic heterocycles. The second kappa shape index (κ2) is 5.40. The van der Waals surface area contributed by atoms with Crippen molar-refractivity contribution in [1.82, 2.24) is 5.32 Å². The summed E-state index contributed by atoms with van der Waals surface area (Å²) in [4.78, 5) is 14.2. The van der Waals surface area contributed by atoms with Crippen LogP contribution in [0, 0.1) is 0 Å². The highest BCUT2D eigenvalue weighted by atomic mass is 16.5. The molecule has 0 saturated carbocycles. The van der Waals surface area contributed by atoms with Gasteiger partial charge < -0.3 is 15.0 Å². The number of para-hydroxylation sites is 1. The van der Waals surface area contributed by atoms with Crippen LogP contribution in [0.5, 0.6) is 0 Å². The van der Waals surface area contributed by atoms with Gasteiger partial charge >= 0.3 is 5.97 Å². The highest BCUT2D eigenvalue weighted by Crippen LogP contribution is 2.26. The molecule has 1 heterocycles. The number of nitrogens with zero attached hydrogens (tertiary/aromatic N) is 1. The largest absolute Gasteiger partial charge is 0.468 e. The molecule has 1 aromatic carbocycles. The van der Waals surface area contributed by atoms with Gasteiger partial charge in [0.05, 0.1) is 7.11 Å². The maximum atomic E-state index is 11.9. The van der Waals surface area contributed by atoms with Gasteiger partial charge in [0.25, 0.3) is 0 Å². The summed E-state index contributed by atoms with van der Waals surface area (Å²) in [5.74, 6) is -0.155. The van der Waals surface area contributed by atoms with Crippen LogP contribution in [0.25, 0.3) is 0 Å². The molecule has 1 aliphatic rings. The van der Waals surface area contributed by atoms with Crippen molar-refractivity contribution in [2.75, 3.05) is 32.1 Å². The van der Waals surface area contributed by atoms with Crippen molar-refractivity contribution in [3.8, 4) is 0 Å². The highest BCUT2D eigenvalue weighted by molar-refractivity contribution is 5.81. The Balaban J connectivity index is 2.05. The lowest BCUT2D eigenvalue weighted by Gasteiger charge is -2.40. The molecule has 0 atom stereocenters. The van der Waals surface area contributed by atoms with E-state index >= 15 is 0 Å². The van der Waals surface area contributed by atoms with E-state index in [1.165, 1.54) is 12.8 Å². The van der Waals surface area contributed by atoms with Crippen LogP contribution in [-0.4, -0.2) is 38.8 Å². The molecule has 0 bridgehead atoms. The summed E-state index contributed by atoms with van der Waals surface area (Å²) in [6, 6.07) is 10.3. The van der Waals surface area contributed by atoms with E-state index in [1.54, 1.807) is 0 Å². The van der Waals surface area contributed by atoms with Crippen LogP contribution in [0.2, 0.25) is 0 Å². The van der Waals surface area contributed by atoms with E-state index in [0.29, 0.717) is 0 Å². The Bertz CT molecular complexity index is 398. The van der Waals surface area contributed by atoms with Gasteiger partial charge in [-0.15, -0.1) is 0 Å². The predicted octanol–water partition coefficient (Wildman–Crippen LogP) is 1.42. The maximum absolute atomic E-state index is 11.9. The number of hydrogen-bond donors (Lipinski definition) is 1. The molecule has 4 heteroatoms. The lowest BCUT2D eigenvalue weighted by Crippen LogP contribution is -2.57. The molecule has 98 valence electrons. The predicted molar refractivity (Wildman–Crippen MR) is 71.7 cm³/mol. The van der Waals surface area contributed by atoms with Gasteiger partial charge in [-0.3, -0.25) is 4.79 Å². The van der Waals surface area contributed by atoms with E-state index in [-0.39, 0.29) is 5.97 Å². The lowest BCUT2D eigenvalue weighted by molar-refractivity contribution is -0.149. The molecule has 1 aromatic rings. The average Bonchev–Trinajstić information content (AvgIpc) is 2.47. The number of nitrogens with one attached hydrogen (secondary N) is 1. The van der Waals surface area contributed by atoms with Gasteiger partial charge in [-0.1, -0.05) is 18.2 Å². The summed E-state index contributed by atoms with van der Waals surface area (Å²) in [7, 11) is 3.28. The summed E-state index contributed by atoms with van der Waals surface area (Å²) in [5, 5.41) is 3.14. The molecule has 0 spiro atoms. The van der Waals surface area contributed by atoms with Crippen LogP contribution in [0.3, 0.4) is 0 Å². The molecule has 1 saturated heterocycles. The summed E-state index contributed by atoms with van der Waals surface area (Å²) in [6.07, 6.45) is 1.54. The normalized spacial score (nSPS) is 18.4. The van der Waals surface area contributed by atoms with Gasteiger partial charge in [-0.05, 0) is 32.0 Å². The van der Waals surface area contributed by atoms with E-state index in [1.807, 2.05) is 25.2 Å². The lowest BCUT2D eigenvalue weighted by atomic mass is 9.87. The van der Waals surface area contributed by atoms with Crippen molar-refractivity contribution in [1.29, 1.82) is 0 Å². The molecule has 0 unspecified atom stereocenters. The van der Waals surface area contributed by atoms with Gasteiger partial charge in [-0.2, -0.15) is 0 Å². The van der Waals surface area contributed by atoms with Crippen molar-refractivity contribution in [2.45, 2.75) is 18.4 Å². The highest BCUT2D eigenvalue weighted by Gasteiger charge is 2.41. The van der Waals surface area contributed by atoms with Crippen molar-refractivity contribution in [2.24, 2.45) is 0 Å². The van der Waals surface area contributed by atoms with E-state index in [9.17, 15) is 4.79 Å². The minimum Gasteiger partial charge on any atom is -0.468 e. The Morgan fingerprint density at radius 2 is 1.89 bits per heavy atom. The summed E-state index contributed by atoms with van der Waals surface area (Å²) in [6.45, 7) is 1.72. The Kier molecular flexibility index (Phi) is 3.87. The third-order valence-corrected chi connectivity index (χ3v) is 3.79. The maximum Gasteiger partial charge on any atom is 0.326 e.